The van der Waals surface area contributed by atoms with Crippen molar-refractivity contribution in [3.63, 3.8) is 0 Å². The molecule has 1 N–H and O–H groups in total. The number of nitrogens with zero attached hydrogens (tertiary/aromatic N) is 1. The van der Waals surface area contributed by atoms with Crippen LogP contribution in [0.5, 0.6) is 5.75 Å². The number of amides is 1. The van der Waals surface area contributed by atoms with E-state index in [0.29, 0.717) is 0 Å². The molecule has 2 aliphatic rings. The molecule has 2 atom stereocenters. The Morgan fingerprint density at radius 3 is 2.75 bits per heavy atom. The second-order valence-corrected chi connectivity index (χ2v) is 8.36. The number of benzene rings is 1. The Morgan fingerprint density at radius 1 is 1.29 bits per heavy atom. The summed E-state index contributed by atoms with van der Waals surface area (Å²) in [5, 5.41) is 9.41. The topological polar surface area (TPSA) is 66.8 Å². The fourth-order valence-electron chi connectivity index (χ4n) is 4.68. The summed E-state index contributed by atoms with van der Waals surface area (Å²) in [6.07, 6.45) is 3.14. The van der Waals surface area contributed by atoms with E-state index in [4.69, 9.17) is 4.74 Å². The van der Waals surface area contributed by atoms with Crippen LogP contribution in [-0.4, -0.2) is 41.1 Å². The quantitative estimate of drug-likeness (QED) is 0.865. The monoisotopic (exact) mass is 331 g/mol. The minimum absolute atomic E-state index is 0.000673. The van der Waals surface area contributed by atoms with Gasteiger partial charge in [-0.3, -0.25) is 4.79 Å². The van der Waals surface area contributed by atoms with E-state index in [-0.39, 0.29) is 40.7 Å². The summed E-state index contributed by atoms with van der Waals surface area (Å²) in [5.74, 6) is -0.720. The number of hydrogen-bond donors (Lipinski definition) is 1. The van der Waals surface area contributed by atoms with E-state index in [1.807, 2.05) is 4.90 Å². The molecule has 24 heavy (non-hydrogen) atoms. The Kier molecular flexibility index (Phi) is 4.06. The predicted octanol–water partition coefficient (Wildman–Crippen LogP) is 2.98. The van der Waals surface area contributed by atoms with Gasteiger partial charge in [0.2, 0.25) is 0 Å². The van der Waals surface area contributed by atoms with Gasteiger partial charge in [0.25, 0.3) is 5.91 Å². The van der Waals surface area contributed by atoms with Gasteiger partial charge >= 0.3 is 5.97 Å². The maximum atomic E-state index is 12.5. The molecule has 1 saturated carbocycles. The Labute approximate surface area is 142 Å². The molecular formula is C19H25NO4. The van der Waals surface area contributed by atoms with Crippen molar-refractivity contribution in [3.05, 3.63) is 29.8 Å². The summed E-state index contributed by atoms with van der Waals surface area (Å²) in [5.41, 5.74) is 0.651. The molecular weight excluding hydrogens is 306 g/mol. The van der Waals surface area contributed by atoms with Crippen molar-refractivity contribution in [1.82, 2.24) is 4.90 Å². The minimum atomic E-state index is -0.590. The lowest BCUT2D eigenvalue weighted by molar-refractivity contribution is -0.135. The molecule has 1 aliphatic heterocycles. The lowest BCUT2D eigenvalue weighted by Crippen LogP contribution is -2.39. The molecule has 2 bridgehead atoms. The average molecular weight is 331 g/mol. The van der Waals surface area contributed by atoms with Crippen LogP contribution >= 0.6 is 0 Å². The van der Waals surface area contributed by atoms with Crippen LogP contribution in [0, 0.1) is 10.8 Å². The van der Waals surface area contributed by atoms with Crippen molar-refractivity contribution in [3.8, 4) is 5.75 Å². The highest BCUT2D eigenvalue weighted by Crippen LogP contribution is 2.52. The number of esters is 1. The molecule has 1 amide bonds. The third-order valence-corrected chi connectivity index (χ3v) is 5.14. The van der Waals surface area contributed by atoms with Gasteiger partial charge in [0.15, 0.2) is 6.61 Å². The molecule has 5 nitrogen and oxygen atoms in total. The van der Waals surface area contributed by atoms with Crippen LogP contribution in [0.1, 0.15) is 50.4 Å². The van der Waals surface area contributed by atoms with Gasteiger partial charge in [-0.1, -0.05) is 26.8 Å². The molecule has 1 aromatic rings. The van der Waals surface area contributed by atoms with E-state index in [2.05, 4.69) is 20.8 Å². The maximum absolute atomic E-state index is 12.5. The smallest absolute Gasteiger partial charge is 0.338 e. The maximum Gasteiger partial charge on any atom is 0.338 e. The zero-order valence-corrected chi connectivity index (χ0v) is 14.5. The second-order valence-electron chi connectivity index (χ2n) is 8.36. The largest absolute Gasteiger partial charge is 0.508 e. The number of phenolic OH excluding ortho intramolecular Hbond substituents is 1. The molecule has 2 fully saturated rings. The highest BCUT2D eigenvalue weighted by molar-refractivity contribution is 5.91. The number of likely N-dealkylation sites (tertiary alicyclic amines) is 1. The van der Waals surface area contributed by atoms with Gasteiger partial charge in [-0.05, 0) is 48.3 Å². The molecule has 1 aromatic carbocycles. The zero-order valence-electron chi connectivity index (χ0n) is 14.5. The molecule has 1 aliphatic carbocycles. The molecule has 5 heteroatoms. The number of carbonyl (C=O) groups excluding carboxylic acids is 2. The number of ether oxygens (including phenoxy) is 1. The summed E-state index contributed by atoms with van der Waals surface area (Å²) in [6, 6.07) is 6.18. The van der Waals surface area contributed by atoms with Crippen LogP contribution in [0.4, 0.5) is 0 Å². The van der Waals surface area contributed by atoms with E-state index >= 15 is 0 Å². The van der Waals surface area contributed by atoms with E-state index < -0.39 is 5.97 Å². The molecule has 130 valence electrons. The predicted molar refractivity (Wildman–Crippen MR) is 89.6 cm³/mol. The minimum Gasteiger partial charge on any atom is -0.508 e. The molecule has 1 saturated heterocycles. The first-order chi connectivity index (χ1) is 11.2. The van der Waals surface area contributed by atoms with E-state index in [1.54, 1.807) is 12.1 Å². The van der Waals surface area contributed by atoms with Gasteiger partial charge in [-0.25, -0.2) is 4.79 Å². The Morgan fingerprint density at radius 2 is 2.04 bits per heavy atom. The fraction of sp³-hybridized carbons (Fsp3) is 0.579. The van der Waals surface area contributed by atoms with E-state index in [0.717, 1.165) is 25.8 Å². The van der Waals surface area contributed by atoms with Crippen LogP contribution in [0.15, 0.2) is 24.3 Å². The lowest BCUT2D eigenvalue weighted by Gasteiger charge is -2.39. The van der Waals surface area contributed by atoms with Crippen LogP contribution < -0.4 is 0 Å². The Bertz CT molecular complexity index is 669. The Hall–Kier alpha value is -2.04. The van der Waals surface area contributed by atoms with Crippen molar-refractivity contribution in [2.24, 2.45) is 10.8 Å². The normalized spacial score (nSPS) is 27.8. The molecule has 0 radical (unpaired) electrons. The first-order valence-corrected chi connectivity index (χ1v) is 8.43. The third-order valence-electron chi connectivity index (χ3n) is 5.14. The molecule has 3 rings (SSSR count). The SMILES string of the molecule is CC1(C)C[C@H]2C[C@](C)(CN2C(=O)COC(=O)c2cccc(O)c2)C1. The third kappa shape index (κ3) is 3.40. The summed E-state index contributed by atoms with van der Waals surface area (Å²) < 4.78 is 5.15. The van der Waals surface area contributed by atoms with Crippen molar-refractivity contribution in [1.29, 1.82) is 0 Å². The highest BCUT2D eigenvalue weighted by atomic mass is 16.5. The first kappa shape index (κ1) is 16.8. The van der Waals surface area contributed by atoms with Gasteiger partial charge in [-0.15, -0.1) is 0 Å². The number of aromatic hydroxyl groups is 1. The highest BCUT2D eigenvalue weighted by Gasteiger charge is 2.50. The van der Waals surface area contributed by atoms with Gasteiger partial charge < -0.3 is 14.7 Å². The first-order valence-electron chi connectivity index (χ1n) is 8.43. The summed E-state index contributed by atoms with van der Waals surface area (Å²) in [7, 11) is 0. The van der Waals surface area contributed by atoms with Gasteiger partial charge in [0, 0.05) is 12.6 Å². The van der Waals surface area contributed by atoms with Crippen LogP contribution in [0.2, 0.25) is 0 Å². The number of fused-ring (bicyclic) bond motifs is 2. The van der Waals surface area contributed by atoms with Gasteiger partial charge in [0.05, 0.1) is 5.56 Å². The molecule has 0 aromatic heterocycles. The van der Waals surface area contributed by atoms with Crippen molar-refractivity contribution in [2.45, 2.75) is 46.1 Å². The van der Waals surface area contributed by atoms with Crippen molar-refractivity contribution < 1.29 is 19.4 Å². The zero-order chi connectivity index (χ0) is 17.5. The number of hydrogen-bond acceptors (Lipinski definition) is 4. The number of phenols is 1. The van der Waals surface area contributed by atoms with E-state index in [1.165, 1.54) is 12.1 Å². The summed E-state index contributed by atoms with van der Waals surface area (Å²) >= 11 is 0. The Balaban J connectivity index is 1.61. The van der Waals surface area contributed by atoms with Crippen LogP contribution in [0.3, 0.4) is 0 Å². The molecule has 1 heterocycles. The summed E-state index contributed by atoms with van der Waals surface area (Å²) in [4.78, 5) is 26.4. The lowest BCUT2D eigenvalue weighted by atomic mass is 9.65. The fourth-order valence-corrected chi connectivity index (χ4v) is 4.68. The summed E-state index contributed by atoms with van der Waals surface area (Å²) in [6.45, 7) is 7.25. The average Bonchev–Trinajstić information content (AvgIpc) is 2.73. The molecule has 0 spiro atoms. The van der Waals surface area contributed by atoms with Gasteiger partial charge in [0.1, 0.15) is 5.75 Å². The van der Waals surface area contributed by atoms with Crippen molar-refractivity contribution >= 4 is 11.9 Å². The second kappa shape index (κ2) is 5.80. The number of carbonyl (C=O) groups is 2. The van der Waals surface area contributed by atoms with Gasteiger partial charge in [-0.2, -0.15) is 0 Å². The van der Waals surface area contributed by atoms with Crippen molar-refractivity contribution in [2.75, 3.05) is 13.2 Å². The standard InChI is InChI=1S/C19H25NO4/c1-18(2)8-14-9-19(3,11-18)12-20(14)16(22)10-24-17(23)13-5-4-6-15(21)7-13/h4-7,14,21H,8-12H2,1-3H3/t14-,19-/m0/s1. The molecule has 0 unspecified atom stereocenters. The van der Waals surface area contributed by atoms with E-state index in [9.17, 15) is 14.7 Å². The van der Waals surface area contributed by atoms with Crippen LogP contribution in [0.25, 0.3) is 0 Å². The number of rotatable bonds is 3. The van der Waals surface area contributed by atoms with Crippen LogP contribution in [-0.2, 0) is 9.53 Å².